The molecule has 1 aliphatic rings. The molecule has 1 fully saturated rings. The van der Waals surface area contributed by atoms with E-state index in [-0.39, 0.29) is 11.4 Å². The molecule has 1 amide bonds. The average Bonchev–Trinajstić information content (AvgIpc) is 2.88. The van der Waals surface area contributed by atoms with Gasteiger partial charge in [0, 0.05) is 24.4 Å². The first-order valence-corrected chi connectivity index (χ1v) is 8.16. The summed E-state index contributed by atoms with van der Waals surface area (Å²) >= 11 is 0. The number of sulfonamides is 1. The first kappa shape index (κ1) is 15.4. The lowest BCUT2D eigenvalue weighted by Gasteiger charge is -2.21. The van der Waals surface area contributed by atoms with E-state index in [1.807, 2.05) is 0 Å². The summed E-state index contributed by atoms with van der Waals surface area (Å²) in [5, 5.41) is 13.2. The lowest BCUT2D eigenvalue weighted by Crippen LogP contribution is -2.42. The zero-order valence-corrected chi connectivity index (χ0v) is 12.2. The molecule has 0 unspecified atom stereocenters. The van der Waals surface area contributed by atoms with Crippen LogP contribution >= 0.6 is 0 Å². The molecule has 1 heterocycles. The van der Waals surface area contributed by atoms with Crippen LogP contribution in [0, 0.1) is 10.1 Å². The van der Waals surface area contributed by atoms with E-state index >= 15 is 0 Å². The second-order valence-electron chi connectivity index (χ2n) is 4.83. The lowest BCUT2D eigenvalue weighted by molar-refractivity contribution is -0.384. The summed E-state index contributed by atoms with van der Waals surface area (Å²) < 4.78 is 24.4. The van der Waals surface area contributed by atoms with Crippen molar-refractivity contribution >= 4 is 27.3 Å². The van der Waals surface area contributed by atoms with E-state index in [1.165, 1.54) is 24.3 Å². The van der Waals surface area contributed by atoms with Crippen molar-refractivity contribution in [2.45, 2.75) is 18.9 Å². The fourth-order valence-electron chi connectivity index (χ4n) is 2.32. The average molecular weight is 313 g/mol. The van der Waals surface area contributed by atoms with E-state index < -0.39 is 26.9 Å². The minimum Gasteiger partial charge on any atom is -0.324 e. The summed E-state index contributed by atoms with van der Waals surface area (Å²) in [5.41, 5.74) is 0.133. The number of non-ortho nitro benzene ring substituents is 1. The van der Waals surface area contributed by atoms with E-state index in [2.05, 4.69) is 5.32 Å². The number of nitro benzene ring substituents is 1. The third-order valence-corrected chi connectivity index (χ3v) is 4.55. The third-order valence-electron chi connectivity index (χ3n) is 3.26. The smallest absolute Gasteiger partial charge is 0.271 e. The number of benzene rings is 1. The molecule has 1 atom stereocenters. The maximum atomic E-state index is 12.2. The quantitative estimate of drug-likeness (QED) is 0.657. The summed E-state index contributed by atoms with van der Waals surface area (Å²) in [4.78, 5) is 22.3. The van der Waals surface area contributed by atoms with Gasteiger partial charge >= 0.3 is 0 Å². The highest BCUT2D eigenvalue weighted by Gasteiger charge is 2.36. The van der Waals surface area contributed by atoms with E-state index in [0.29, 0.717) is 19.4 Å². The molecule has 0 bridgehead atoms. The van der Waals surface area contributed by atoms with E-state index in [9.17, 15) is 23.3 Å². The number of carbonyl (C=O) groups is 1. The van der Waals surface area contributed by atoms with E-state index in [4.69, 9.17) is 0 Å². The second kappa shape index (κ2) is 5.78. The Kier molecular flexibility index (Phi) is 4.24. The van der Waals surface area contributed by atoms with Crippen molar-refractivity contribution in [2.24, 2.45) is 0 Å². The molecular formula is C12H15N3O5S. The number of carbonyl (C=O) groups excluding carboxylic acids is 1. The van der Waals surface area contributed by atoms with Crippen LogP contribution in [0.3, 0.4) is 0 Å². The fraction of sp³-hybridized carbons (Fsp3) is 0.417. The Morgan fingerprint density at radius 2 is 2.19 bits per heavy atom. The molecule has 0 aliphatic carbocycles. The highest BCUT2D eigenvalue weighted by Crippen LogP contribution is 2.23. The zero-order chi connectivity index (χ0) is 15.6. The fourth-order valence-corrected chi connectivity index (χ4v) is 3.45. The zero-order valence-electron chi connectivity index (χ0n) is 11.4. The Hall–Kier alpha value is -2.00. The second-order valence-corrected chi connectivity index (χ2v) is 6.76. The molecular weight excluding hydrogens is 298 g/mol. The van der Waals surface area contributed by atoms with E-state index in [0.717, 1.165) is 10.6 Å². The summed E-state index contributed by atoms with van der Waals surface area (Å²) in [5.74, 6) is -0.474. The standard InChI is InChI=1S/C12H15N3O5S/c1-21(19,20)14-7-3-6-11(14)12(16)13-9-4-2-5-10(8-9)15(17)18/h2,4-5,8,11H,3,6-7H2,1H3,(H,13,16)/t11-/m0/s1. The minimum atomic E-state index is -3.45. The Morgan fingerprint density at radius 3 is 2.81 bits per heavy atom. The first-order chi connectivity index (χ1) is 9.79. The number of nitrogens with zero attached hydrogens (tertiary/aromatic N) is 2. The molecule has 1 aliphatic heterocycles. The highest BCUT2D eigenvalue weighted by molar-refractivity contribution is 7.88. The third kappa shape index (κ3) is 3.56. The number of amides is 1. The van der Waals surface area contributed by atoms with Crippen LogP contribution in [0.1, 0.15) is 12.8 Å². The van der Waals surface area contributed by atoms with Crippen LogP contribution < -0.4 is 5.32 Å². The Bertz CT molecular complexity index is 673. The molecule has 0 spiro atoms. The van der Waals surface area contributed by atoms with Crippen LogP contribution in [0.15, 0.2) is 24.3 Å². The van der Waals surface area contributed by atoms with Gasteiger partial charge < -0.3 is 5.32 Å². The van der Waals surface area contributed by atoms with E-state index in [1.54, 1.807) is 0 Å². The number of hydrogen-bond acceptors (Lipinski definition) is 5. The minimum absolute atomic E-state index is 0.140. The van der Waals surface area contributed by atoms with Gasteiger partial charge in [0.05, 0.1) is 11.2 Å². The van der Waals surface area contributed by atoms with Crippen molar-refractivity contribution < 1.29 is 18.1 Å². The number of nitrogens with one attached hydrogen (secondary N) is 1. The first-order valence-electron chi connectivity index (χ1n) is 6.31. The molecule has 0 saturated carbocycles. The Labute approximate surface area is 122 Å². The molecule has 9 heteroatoms. The van der Waals surface area contributed by atoms with Gasteiger partial charge in [-0.05, 0) is 18.9 Å². The molecule has 8 nitrogen and oxygen atoms in total. The monoisotopic (exact) mass is 313 g/mol. The van der Waals surface area contributed by atoms with Crippen LogP contribution in [0.5, 0.6) is 0 Å². The van der Waals surface area contributed by atoms with Gasteiger partial charge in [-0.3, -0.25) is 14.9 Å². The van der Waals surface area contributed by atoms with Gasteiger partial charge in [0.1, 0.15) is 6.04 Å². The van der Waals surface area contributed by atoms with Gasteiger partial charge in [-0.25, -0.2) is 8.42 Å². The largest absolute Gasteiger partial charge is 0.324 e. The van der Waals surface area contributed by atoms with Crippen LogP contribution in [0.4, 0.5) is 11.4 Å². The Balaban J connectivity index is 2.14. The summed E-state index contributed by atoms with van der Waals surface area (Å²) in [6.07, 6.45) is 2.11. The maximum absolute atomic E-state index is 12.2. The topological polar surface area (TPSA) is 110 Å². The van der Waals surface area contributed by atoms with Gasteiger partial charge in [-0.2, -0.15) is 4.31 Å². The van der Waals surface area contributed by atoms with Gasteiger partial charge in [-0.15, -0.1) is 0 Å². The molecule has 21 heavy (non-hydrogen) atoms. The van der Waals surface area contributed by atoms with Crippen LogP contribution in [-0.4, -0.2) is 42.4 Å². The molecule has 1 aromatic carbocycles. The van der Waals surface area contributed by atoms with Crippen molar-refractivity contribution in [3.63, 3.8) is 0 Å². The van der Waals surface area contributed by atoms with Gasteiger partial charge in [0.15, 0.2) is 0 Å². The number of rotatable bonds is 4. The van der Waals surface area contributed by atoms with Crippen molar-refractivity contribution in [1.82, 2.24) is 4.31 Å². The summed E-state index contributed by atoms with van der Waals surface area (Å²) in [6, 6.07) is 4.76. The summed E-state index contributed by atoms with van der Waals surface area (Å²) in [6.45, 7) is 0.311. The number of hydrogen-bond donors (Lipinski definition) is 1. The highest BCUT2D eigenvalue weighted by atomic mass is 32.2. The van der Waals surface area contributed by atoms with Crippen molar-refractivity contribution in [3.05, 3.63) is 34.4 Å². The maximum Gasteiger partial charge on any atom is 0.271 e. The molecule has 0 aromatic heterocycles. The van der Waals surface area contributed by atoms with Crippen molar-refractivity contribution in [3.8, 4) is 0 Å². The number of nitro groups is 1. The van der Waals surface area contributed by atoms with Crippen molar-refractivity contribution in [1.29, 1.82) is 0 Å². The normalized spacial score (nSPS) is 19.4. The summed E-state index contributed by atoms with van der Waals surface area (Å²) in [7, 11) is -3.45. The van der Waals surface area contributed by atoms with Gasteiger partial charge in [-0.1, -0.05) is 6.07 Å². The molecule has 1 saturated heterocycles. The van der Waals surface area contributed by atoms with Crippen LogP contribution in [0.25, 0.3) is 0 Å². The van der Waals surface area contributed by atoms with Gasteiger partial charge in [0.2, 0.25) is 15.9 Å². The lowest BCUT2D eigenvalue weighted by atomic mass is 10.2. The van der Waals surface area contributed by atoms with Gasteiger partial charge in [0.25, 0.3) is 5.69 Å². The van der Waals surface area contributed by atoms with Crippen molar-refractivity contribution in [2.75, 3.05) is 18.1 Å². The Morgan fingerprint density at radius 1 is 1.48 bits per heavy atom. The molecule has 0 radical (unpaired) electrons. The van der Waals surface area contributed by atoms with Crippen LogP contribution in [-0.2, 0) is 14.8 Å². The molecule has 1 N–H and O–H groups in total. The predicted octanol–water partition coefficient (Wildman–Crippen LogP) is 0.957. The predicted molar refractivity (Wildman–Crippen MR) is 76.3 cm³/mol. The number of anilines is 1. The SMILES string of the molecule is CS(=O)(=O)N1CCC[C@H]1C(=O)Nc1cccc([N+](=O)[O-])c1. The molecule has 114 valence electrons. The molecule has 2 rings (SSSR count). The van der Waals surface area contributed by atoms with Crippen LogP contribution in [0.2, 0.25) is 0 Å². The molecule has 1 aromatic rings.